The molecule has 1 heterocycles. The number of nitrogens with one attached hydrogen (secondary N) is 1. The maximum atomic E-state index is 12.7. The van der Waals surface area contributed by atoms with Crippen molar-refractivity contribution >= 4 is 11.8 Å². The van der Waals surface area contributed by atoms with E-state index in [-0.39, 0.29) is 24.3 Å². The molecule has 0 radical (unpaired) electrons. The van der Waals surface area contributed by atoms with Gasteiger partial charge in [0.2, 0.25) is 11.8 Å². The smallest absolute Gasteiger partial charge is 0.245 e. The Morgan fingerprint density at radius 2 is 1.86 bits per heavy atom. The van der Waals surface area contributed by atoms with Gasteiger partial charge in [-0.2, -0.15) is 0 Å². The molecule has 0 bridgehead atoms. The van der Waals surface area contributed by atoms with Gasteiger partial charge in [-0.15, -0.1) is 0 Å². The Kier molecular flexibility index (Phi) is 5.95. The second kappa shape index (κ2) is 7.94. The lowest BCUT2D eigenvalue weighted by molar-refractivity contribution is -0.135. The first-order valence-electron chi connectivity index (χ1n) is 7.94. The van der Waals surface area contributed by atoms with Gasteiger partial charge in [-0.05, 0) is 25.3 Å². The first-order chi connectivity index (χ1) is 10.6. The van der Waals surface area contributed by atoms with E-state index in [0.717, 1.165) is 31.5 Å². The molecule has 0 aliphatic carbocycles. The van der Waals surface area contributed by atoms with Gasteiger partial charge in [-0.1, -0.05) is 30.3 Å². The highest BCUT2D eigenvalue weighted by Gasteiger charge is 2.28. The molecule has 0 spiro atoms. The SMILES string of the molecule is CC(N)CC(=O)NC(Cc1ccccc1)C(=O)N1CCCC1. The molecule has 22 heavy (non-hydrogen) atoms. The minimum atomic E-state index is -0.508. The van der Waals surface area contributed by atoms with Crippen LogP contribution in [0.4, 0.5) is 0 Å². The maximum absolute atomic E-state index is 12.7. The molecule has 1 aliphatic heterocycles. The van der Waals surface area contributed by atoms with Gasteiger partial charge in [0.05, 0.1) is 0 Å². The van der Waals surface area contributed by atoms with E-state index in [9.17, 15) is 9.59 Å². The summed E-state index contributed by atoms with van der Waals surface area (Å²) in [4.78, 5) is 26.5. The van der Waals surface area contributed by atoms with Crippen molar-refractivity contribution in [1.29, 1.82) is 0 Å². The number of nitrogens with two attached hydrogens (primary N) is 1. The summed E-state index contributed by atoms with van der Waals surface area (Å²) in [5, 5.41) is 2.86. The number of nitrogens with zero attached hydrogens (tertiary/aromatic N) is 1. The third-order valence-electron chi connectivity index (χ3n) is 3.84. The molecule has 5 heteroatoms. The van der Waals surface area contributed by atoms with Gasteiger partial charge >= 0.3 is 0 Å². The highest BCUT2D eigenvalue weighted by atomic mass is 16.2. The van der Waals surface area contributed by atoms with Crippen LogP contribution in [0.1, 0.15) is 31.7 Å². The average molecular weight is 303 g/mol. The van der Waals surface area contributed by atoms with Crippen molar-refractivity contribution in [2.75, 3.05) is 13.1 Å². The predicted octanol–water partition coefficient (Wildman–Crippen LogP) is 1.07. The van der Waals surface area contributed by atoms with Crippen LogP contribution in [0.25, 0.3) is 0 Å². The second-order valence-electron chi connectivity index (χ2n) is 6.02. The van der Waals surface area contributed by atoms with E-state index in [0.29, 0.717) is 6.42 Å². The fraction of sp³-hybridized carbons (Fsp3) is 0.529. The van der Waals surface area contributed by atoms with Crippen molar-refractivity contribution in [1.82, 2.24) is 10.2 Å². The van der Waals surface area contributed by atoms with Gasteiger partial charge in [-0.25, -0.2) is 0 Å². The van der Waals surface area contributed by atoms with Crippen molar-refractivity contribution in [2.45, 2.75) is 44.7 Å². The van der Waals surface area contributed by atoms with Crippen LogP contribution < -0.4 is 11.1 Å². The van der Waals surface area contributed by atoms with E-state index in [1.165, 1.54) is 0 Å². The maximum Gasteiger partial charge on any atom is 0.245 e. The number of hydrogen-bond acceptors (Lipinski definition) is 3. The molecule has 120 valence electrons. The largest absolute Gasteiger partial charge is 0.344 e. The summed E-state index contributed by atoms with van der Waals surface area (Å²) in [5.41, 5.74) is 6.71. The Bertz CT molecular complexity index is 496. The zero-order valence-electron chi connectivity index (χ0n) is 13.1. The lowest BCUT2D eigenvalue weighted by atomic mass is 10.0. The van der Waals surface area contributed by atoms with Crippen molar-refractivity contribution in [2.24, 2.45) is 5.73 Å². The van der Waals surface area contributed by atoms with Crippen LogP contribution in [0.3, 0.4) is 0 Å². The first-order valence-corrected chi connectivity index (χ1v) is 7.94. The first kappa shape index (κ1) is 16.5. The van der Waals surface area contributed by atoms with Gasteiger partial charge in [-0.3, -0.25) is 9.59 Å². The summed E-state index contributed by atoms with van der Waals surface area (Å²) < 4.78 is 0. The summed E-state index contributed by atoms with van der Waals surface area (Å²) in [7, 11) is 0. The minimum Gasteiger partial charge on any atom is -0.344 e. The third-order valence-corrected chi connectivity index (χ3v) is 3.84. The van der Waals surface area contributed by atoms with Crippen molar-refractivity contribution in [3.63, 3.8) is 0 Å². The van der Waals surface area contributed by atoms with E-state index in [4.69, 9.17) is 5.73 Å². The Labute approximate surface area is 131 Å². The molecule has 0 saturated carbocycles. The Morgan fingerprint density at radius 3 is 2.45 bits per heavy atom. The normalized spacial score (nSPS) is 17.1. The molecule has 1 aliphatic rings. The summed E-state index contributed by atoms with van der Waals surface area (Å²) in [5.74, 6) is -0.150. The zero-order chi connectivity index (χ0) is 15.9. The molecule has 2 atom stereocenters. The van der Waals surface area contributed by atoms with E-state index in [2.05, 4.69) is 5.32 Å². The molecule has 1 aromatic carbocycles. The number of likely N-dealkylation sites (tertiary alicyclic amines) is 1. The standard InChI is InChI=1S/C17H25N3O2/c1-13(18)11-16(21)19-15(12-14-7-3-2-4-8-14)17(22)20-9-5-6-10-20/h2-4,7-8,13,15H,5-6,9-12,18H2,1H3,(H,19,21). The van der Waals surface area contributed by atoms with E-state index in [1.807, 2.05) is 35.2 Å². The number of benzene rings is 1. The van der Waals surface area contributed by atoms with Crippen molar-refractivity contribution in [3.8, 4) is 0 Å². The van der Waals surface area contributed by atoms with Crippen LogP contribution in [-0.2, 0) is 16.0 Å². The number of carbonyl (C=O) groups excluding carboxylic acids is 2. The summed E-state index contributed by atoms with van der Waals surface area (Å²) in [6, 6.07) is 9.05. The van der Waals surface area contributed by atoms with E-state index < -0.39 is 6.04 Å². The van der Waals surface area contributed by atoms with Crippen LogP contribution in [0.5, 0.6) is 0 Å². The number of amides is 2. The fourth-order valence-corrected chi connectivity index (χ4v) is 2.75. The van der Waals surface area contributed by atoms with Gasteiger partial charge in [0, 0.05) is 32.0 Å². The lowest BCUT2D eigenvalue weighted by Gasteiger charge is -2.24. The molecular weight excluding hydrogens is 278 g/mol. The molecule has 2 rings (SSSR count). The van der Waals surface area contributed by atoms with Crippen LogP contribution in [0, 0.1) is 0 Å². The van der Waals surface area contributed by atoms with Crippen LogP contribution in [0.2, 0.25) is 0 Å². The second-order valence-corrected chi connectivity index (χ2v) is 6.02. The molecule has 2 amide bonds. The molecule has 1 aromatic rings. The zero-order valence-corrected chi connectivity index (χ0v) is 13.1. The Morgan fingerprint density at radius 1 is 1.23 bits per heavy atom. The van der Waals surface area contributed by atoms with Gasteiger partial charge in [0.15, 0.2) is 0 Å². The van der Waals surface area contributed by atoms with Crippen LogP contribution in [-0.4, -0.2) is 41.9 Å². The topological polar surface area (TPSA) is 75.4 Å². The van der Waals surface area contributed by atoms with Crippen molar-refractivity contribution < 1.29 is 9.59 Å². The summed E-state index contributed by atoms with van der Waals surface area (Å²) in [6.45, 7) is 3.36. The van der Waals surface area contributed by atoms with Crippen LogP contribution in [0.15, 0.2) is 30.3 Å². The van der Waals surface area contributed by atoms with Gasteiger partial charge < -0.3 is 16.0 Å². The Hall–Kier alpha value is -1.88. The van der Waals surface area contributed by atoms with Gasteiger partial charge in [0.25, 0.3) is 0 Å². The molecule has 3 N–H and O–H groups in total. The van der Waals surface area contributed by atoms with E-state index >= 15 is 0 Å². The number of carbonyl (C=O) groups is 2. The molecule has 2 unspecified atom stereocenters. The number of rotatable bonds is 6. The highest BCUT2D eigenvalue weighted by Crippen LogP contribution is 2.12. The van der Waals surface area contributed by atoms with Gasteiger partial charge in [0.1, 0.15) is 6.04 Å². The highest BCUT2D eigenvalue weighted by molar-refractivity contribution is 5.88. The third kappa shape index (κ3) is 4.84. The lowest BCUT2D eigenvalue weighted by Crippen LogP contribution is -2.49. The van der Waals surface area contributed by atoms with Crippen LogP contribution >= 0.6 is 0 Å². The Balaban J connectivity index is 2.05. The summed E-state index contributed by atoms with van der Waals surface area (Å²) >= 11 is 0. The average Bonchev–Trinajstić information content (AvgIpc) is 3.00. The molecular formula is C17H25N3O2. The fourth-order valence-electron chi connectivity index (χ4n) is 2.75. The monoisotopic (exact) mass is 303 g/mol. The van der Waals surface area contributed by atoms with Crippen molar-refractivity contribution in [3.05, 3.63) is 35.9 Å². The number of hydrogen-bond donors (Lipinski definition) is 2. The minimum absolute atomic E-state index is 0.0133. The molecule has 1 saturated heterocycles. The molecule has 1 fully saturated rings. The molecule has 5 nitrogen and oxygen atoms in total. The molecule has 0 aromatic heterocycles. The quantitative estimate of drug-likeness (QED) is 0.825. The summed E-state index contributed by atoms with van der Waals surface area (Å²) in [6.07, 6.45) is 2.83. The van der Waals surface area contributed by atoms with E-state index in [1.54, 1.807) is 6.92 Å². The predicted molar refractivity (Wildman–Crippen MR) is 86.2 cm³/mol.